The van der Waals surface area contributed by atoms with Gasteiger partial charge in [-0.25, -0.2) is 0 Å². The van der Waals surface area contributed by atoms with Crippen molar-refractivity contribution in [1.29, 1.82) is 0 Å². The molecule has 1 fully saturated rings. The SMILES string of the molecule is CCCCN1C(=O)C(c2ccccc2)=C(N2CCN(c3ccccc3)CC2)C1=O. The Morgan fingerprint density at radius 1 is 0.759 bits per heavy atom. The second-order valence-electron chi connectivity index (χ2n) is 7.51. The highest BCUT2D eigenvalue weighted by Gasteiger charge is 2.41. The number of unbranched alkanes of at least 4 members (excludes halogenated alkanes) is 1. The molecule has 2 aromatic rings. The summed E-state index contributed by atoms with van der Waals surface area (Å²) in [4.78, 5) is 32.3. The van der Waals surface area contributed by atoms with Crippen molar-refractivity contribution in [1.82, 2.24) is 9.80 Å². The van der Waals surface area contributed by atoms with Crippen LogP contribution in [0.3, 0.4) is 0 Å². The molecule has 0 N–H and O–H groups in total. The number of hydrogen-bond acceptors (Lipinski definition) is 4. The fraction of sp³-hybridized carbons (Fsp3) is 0.333. The van der Waals surface area contributed by atoms with Crippen LogP contribution < -0.4 is 4.90 Å². The third-order valence-electron chi connectivity index (χ3n) is 5.66. The second-order valence-corrected chi connectivity index (χ2v) is 7.51. The van der Waals surface area contributed by atoms with Crippen LogP contribution in [0, 0.1) is 0 Å². The highest BCUT2D eigenvalue weighted by molar-refractivity contribution is 6.35. The first-order chi connectivity index (χ1) is 14.2. The molecule has 0 unspecified atom stereocenters. The summed E-state index contributed by atoms with van der Waals surface area (Å²) in [5, 5.41) is 0. The van der Waals surface area contributed by atoms with Crippen LogP contribution in [0.1, 0.15) is 25.3 Å². The highest BCUT2D eigenvalue weighted by Crippen LogP contribution is 2.32. The van der Waals surface area contributed by atoms with Crippen molar-refractivity contribution in [2.75, 3.05) is 37.6 Å². The standard InChI is InChI=1S/C24H27N3O2/c1-2-3-14-27-23(28)21(19-10-6-4-7-11-19)22(24(27)29)26-17-15-25(16-18-26)20-12-8-5-9-13-20/h4-13H,2-3,14-18H2,1H3. The third-order valence-corrected chi connectivity index (χ3v) is 5.66. The lowest BCUT2D eigenvalue weighted by Crippen LogP contribution is -2.47. The largest absolute Gasteiger partial charge is 0.368 e. The van der Waals surface area contributed by atoms with E-state index in [1.165, 1.54) is 10.6 Å². The maximum Gasteiger partial charge on any atom is 0.277 e. The summed E-state index contributed by atoms with van der Waals surface area (Å²) in [6.07, 6.45) is 1.78. The van der Waals surface area contributed by atoms with Crippen molar-refractivity contribution >= 4 is 23.1 Å². The first kappa shape index (κ1) is 19.2. The van der Waals surface area contributed by atoms with Gasteiger partial charge in [0.05, 0.1) is 5.57 Å². The van der Waals surface area contributed by atoms with E-state index in [0.29, 0.717) is 17.8 Å². The van der Waals surface area contributed by atoms with E-state index in [1.54, 1.807) is 0 Å². The van der Waals surface area contributed by atoms with Gasteiger partial charge >= 0.3 is 0 Å². The van der Waals surface area contributed by atoms with Crippen molar-refractivity contribution < 1.29 is 9.59 Å². The van der Waals surface area contributed by atoms with Gasteiger partial charge in [-0.3, -0.25) is 14.5 Å². The number of hydrogen-bond donors (Lipinski definition) is 0. The Morgan fingerprint density at radius 2 is 1.34 bits per heavy atom. The number of carbonyl (C=O) groups excluding carboxylic acids is 2. The Bertz CT molecular complexity index is 900. The Morgan fingerprint density at radius 3 is 1.97 bits per heavy atom. The molecule has 1 saturated heterocycles. The van der Waals surface area contributed by atoms with Crippen molar-refractivity contribution in [3.63, 3.8) is 0 Å². The fourth-order valence-corrected chi connectivity index (χ4v) is 4.07. The average Bonchev–Trinajstić information content (AvgIpc) is 3.03. The van der Waals surface area contributed by atoms with E-state index in [9.17, 15) is 9.59 Å². The summed E-state index contributed by atoms with van der Waals surface area (Å²) < 4.78 is 0. The number of anilines is 1. The van der Waals surface area contributed by atoms with Crippen LogP contribution in [-0.4, -0.2) is 54.3 Å². The zero-order valence-corrected chi connectivity index (χ0v) is 16.9. The lowest BCUT2D eigenvalue weighted by molar-refractivity contribution is -0.137. The predicted octanol–water partition coefficient (Wildman–Crippen LogP) is 3.39. The number of amides is 2. The van der Waals surface area contributed by atoms with Crippen LogP contribution >= 0.6 is 0 Å². The molecular formula is C24H27N3O2. The van der Waals surface area contributed by atoms with Gasteiger partial charge in [0.1, 0.15) is 5.70 Å². The van der Waals surface area contributed by atoms with Crippen LogP contribution in [0.2, 0.25) is 0 Å². The van der Waals surface area contributed by atoms with Crippen molar-refractivity contribution in [2.24, 2.45) is 0 Å². The predicted molar refractivity (Wildman–Crippen MR) is 115 cm³/mol. The van der Waals surface area contributed by atoms with Gasteiger partial charge in [0, 0.05) is 38.4 Å². The molecule has 5 nitrogen and oxygen atoms in total. The minimum atomic E-state index is -0.157. The molecule has 4 rings (SSSR count). The normalized spacial score (nSPS) is 17.5. The first-order valence-corrected chi connectivity index (χ1v) is 10.4. The number of rotatable bonds is 6. The monoisotopic (exact) mass is 389 g/mol. The van der Waals surface area contributed by atoms with E-state index >= 15 is 0 Å². The average molecular weight is 389 g/mol. The van der Waals surface area contributed by atoms with E-state index in [4.69, 9.17) is 0 Å². The van der Waals surface area contributed by atoms with Gasteiger partial charge < -0.3 is 9.80 Å². The molecule has 2 amide bonds. The summed E-state index contributed by atoms with van der Waals surface area (Å²) >= 11 is 0. The van der Waals surface area contributed by atoms with Crippen LogP contribution in [0.5, 0.6) is 0 Å². The molecule has 0 bridgehead atoms. The minimum absolute atomic E-state index is 0.143. The zero-order chi connectivity index (χ0) is 20.2. The third kappa shape index (κ3) is 3.77. The summed E-state index contributed by atoms with van der Waals surface area (Å²) in [7, 11) is 0. The van der Waals surface area contributed by atoms with Crippen LogP contribution in [0.15, 0.2) is 66.4 Å². The molecule has 5 heteroatoms. The molecule has 0 radical (unpaired) electrons. The molecule has 2 aromatic carbocycles. The number of benzene rings is 2. The Hall–Kier alpha value is -3.08. The quantitative estimate of drug-likeness (QED) is 0.711. The molecule has 2 aliphatic heterocycles. The maximum atomic E-state index is 13.2. The van der Waals surface area contributed by atoms with Gasteiger partial charge in [0.25, 0.3) is 11.8 Å². The van der Waals surface area contributed by atoms with Gasteiger partial charge in [-0.2, -0.15) is 0 Å². The molecule has 0 aromatic heterocycles. The number of imide groups is 1. The van der Waals surface area contributed by atoms with E-state index in [2.05, 4.69) is 28.9 Å². The second kappa shape index (κ2) is 8.52. The van der Waals surface area contributed by atoms with E-state index in [1.807, 2.05) is 48.5 Å². The molecule has 2 heterocycles. The maximum absolute atomic E-state index is 13.2. The van der Waals surface area contributed by atoms with Gasteiger partial charge in [-0.15, -0.1) is 0 Å². The summed E-state index contributed by atoms with van der Waals surface area (Å²) in [5.74, 6) is -0.300. The number of nitrogens with zero attached hydrogens (tertiary/aromatic N) is 3. The smallest absolute Gasteiger partial charge is 0.277 e. The fourth-order valence-electron chi connectivity index (χ4n) is 4.07. The lowest BCUT2D eigenvalue weighted by Gasteiger charge is -2.37. The molecule has 0 saturated carbocycles. The summed E-state index contributed by atoms with van der Waals surface area (Å²) in [5.41, 5.74) is 3.15. The van der Waals surface area contributed by atoms with Gasteiger partial charge in [0.15, 0.2) is 0 Å². The van der Waals surface area contributed by atoms with E-state index < -0.39 is 0 Å². The van der Waals surface area contributed by atoms with Gasteiger partial charge in [-0.05, 0) is 24.1 Å². The van der Waals surface area contributed by atoms with Crippen LogP contribution in [-0.2, 0) is 9.59 Å². The lowest BCUT2D eigenvalue weighted by atomic mass is 10.0. The first-order valence-electron chi connectivity index (χ1n) is 10.4. The van der Waals surface area contributed by atoms with Gasteiger partial charge in [0.2, 0.25) is 0 Å². The Kier molecular flexibility index (Phi) is 5.65. The molecule has 150 valence electrons. The van der Waals surface area contributed by atoms with Crippen LogP contribution in [0.25, 0.3) is 5.57 Å². The number of piperazine rings is 1. The van der Waals surface area contributed by atoms with Crippen molar-refractivity contribution in [2.45, 2.75) is 19.8 Å². The summed E-state index contributed by atoms with van der Waals surface area (Å²) in [6, 6.07) is 19.9. The minimum Gasteiger partial charge on any atom is -0.368 e. The van der Waals surface area contributed by atoms with Crippen LogP contribution in [0.4, 0.5) is 5.69 Å². The van der Waals surface area contributed by atoms with E-state index in [-0.39, 0.29) is 11.8 Å². The zero-order valence-electron chi connectivity index (χ0n) is 16.9. The van der Waals surface area contributed by atoms with Gasteiger partial charge in [-0.1, -0.05) is 61.9 Å². The molecule has 0 aliphatic carbocycles. The molecule has 29 heavy (non-hydrogen) atoms. The summed E-state index contributed by atoms with van der Waals surface area (Å²) in [6.45, 7) is 5.65. The van der Waals surface area contributed by atoms with Crippen molar-refractivity contribution in [3.05, 3.63) is 71.9 Å². The highest BCUT2D eigenvalue weighted by atomic mass is 16.2. The topological polar surface area (TPSA) is 43.9 Å². The molecule has 0 atom stereocenters. The molecular weight excluding hydrogens is 362 g/mol. The molecule has 2 aliphatic rings. The van der Waals surface area contributed by atoms with Crippen molar-refractivity contribution in [3.8, 4) is 0 Å². The molecule has 0 spiro atoms. The Balaban J connectivity index is 1.61. The van der Waals surface area contributed by atoms with E-state index in [0.717, 1.165) is 44.6 Å². The Labute approximate surface area is 172 Å². The number of para-hydroxylation sites is 1. The number of carbonyl (C=O) groups is 2.